The summed E-state index contributed by atoms with van der Waals surface area (Å²) >= 11 is 0. The first-order valence-electron chi connectivity index (χ1n) is 33.6. The van der Waals surface area contributed by atoms with E-state index in [2.05, 4.69) is 342 Å². The summed E-state index contributed by atoms with van der Waals surface area (Å²) in [6.45, 7) is 33.0. The van der Waals surface area contributed by atoms with Gasteiger partial charge in [-0.2, -0.15) is 0 Å². The molecule has 3 heterocycles. The lowest BCUT2D eigenvalue weighted by atomic mass is 9.33. The van der Waals surface area contributed by atoms with Crippen LogP contribution < -0.4 is 26.2 Å². The molecule has 4 heteroatoms. The molecule has 0 saturated carbocycles. The van der Waals surface area contributed by atoms with Crippen molar-refractivity contribution >= 4 is 79.0 Å². The lowest BCUT2D eigenvalue weighted by molar-refractivity contribution is 0.402. The predicted molar refractivity (Wildman–Crippen MR) is 395 cm³/mol. The van der Waals surface area contributed by atoms with Gasteiger partial charge in [0, 0.05) is 44.9 Å². The molecule has 0 amide bonds. The van der Waals surface area contributed by atoms with Crippen LogP contribution in [0.4, 0.5) is 34.1 Å². The van der Waals surface area contributed by atoms with E-state index in [9.17, 15) is 0 Å². The van der Waals surface area contributed by atoms with Gasteiger partial charge in [0.1, 0.15) is 0 Å². The van der Waals surface area contributed by atoms with Crippen LogP contribution >= 0.6 is 0 Å². The molecule has 454 valence electrons. The SMILES string of the molecule is CC(C)(C)c1ccc(-c2ccc3c(c2)B2c4cc(-c5ccc(C(C)(C)C)cc5)ccc4N(c4ccc(-c5ccc6c(c5)C(C)(C)CC6(C)C)cc4)c4cc(-n5c6ccccc6c6ccccc65)cc(c42)N3c2ccc(-c3ccc4c(c3)C(C)(C)CC4(C)C)cc2)cc1. The summed E-state index contributed by atoms with van der Waals surface area (Å²) < 4.78 is 2.52. The Bertz CT molecular complexity index is 4670. The highest BCUT2D eigenvalue weighted by Gasteiger charge is 2.46. The molecule has 0 radical (unpaired) electrons. The number of hydrogen-bond donors (Lipinski definition) is 0. The normalized spacial score (nSPS) is 16.3. The molecule has 0 unspecified atom stereocenters. The summed E-state index contributed by atoms with van der Waals surface area (Å²) in [4.78, 5) is 5.20. The van der Waals surface area contributed by atoms with Crippen LogP contribution in [0.5, 0.6) is 0 Å². The van der Waals surface area contributed by atoms with Gasteiger partial charge in [-0.05, 0) is 200 Å². The highest BCUT2D eigenvalue weighted by molar-refractivity contribution is 7.00. The monoisotopic (exact) mass is 1190 g/mol. The highest BCUT2D eigenvalue weighted by atomic mass is 15.2. The Labute approximate surface area is 546 Å². The summed E-state index contributed by atoms with van der Waals surface area (Å²) in [7, 11) is 0. The van der Waals surface area contributed by atoms with Gasteiger partial charge in [-0.1, -0.05) is 267 Å². The van der Waals surface area contributed by atoms with E-state index in [0.29, 0.717) is 0 Å². The molecule has 0 N–H and O–H groups in total. The van der Waals surface area contributed by atoms with Crippen molar-refractivity contribution < 1.29 is 0 Å². The second-order valence-corrected chi connectivity index (χ2v) is 32.1. The van der Waals surface area contributed by atoms with E-state index in [1.54, 1.807) is 0 Å². The third-order valence-corrected chi connectivity index (χ3v) is 21.7. The predicted octanol–water partition coefficient (Wildman–Crippen LogP) is 22.0. The minimum Gasteiger partial charge on any atom is -0.311 e. The smallest absolute Gasteiger partial charge is 0.252 e. The van der Waals surface area contributed by atoms with Gasteiger partial charge in [0.2, 0.25) is 0 Å². The summed E-state index contributed by atoms with van der Waals surface area (Å²) in [6.07, 6.45) is 2.28. The first-order valence-corrected chi connectivity index (χ1v) is 33.6. The van der Waals surface area contributed by atoms with Crippen LogP contribution in [0.1, 0.15) is 143 Å². The molecule has 1 aromatic heterocycles. The summed E-state index contributed by atoms with van der Waals surface area (Å²) in [6, 6.07) is 89.8. The number of hydrogen-bond acceptors (Lipinski definition) is 2. The van der Waals surface area contributed by atoms with Gasteiger partial charge in [0.05, 0.1) is 16.7 Å². The summed E-state index contributed by atoms with van der Waals surface area (Å²) in [5.74, 6) is 0. The number of rotatable bonds is 7. The van der Waals surface area contributed by atoms with E-state index in [0.717, 1.165) is 29.9 Å². The standard InChI is InChI=1S/C88H84BN3/c1-83(2,3)63-35-23-55(24-36-63)61-33-45-78-74(49-61)89-75-50-62(56-25-37-64(38-26-56)84(4,5)6)34-46-79(75)91(66-41-29-58(30-42-66)60-32-44-71-73(48-60)88(13,14)54-86(71,9)10)81-52-67(92-76-21-17-15-19-68(76)69-20-16-18-22-77(69)92)51-80(82(81)89)90(78)65-39-27-57(28-40-65)59-31-43-70-72(47-59)87(11,12)53-85(70,7)8/h15-52H,53-54H2,1-14H3. The lowest BCUT2D eigenvalue weighted by Crippen LogP contribution is -2.61. The lowest BCUT2D eigenvalue weighted by Gasteiger charge is -2.44. The van der Waals surface area contributed by atoms with Crippen LogP contribution in [0.15, 0.2) is 231 Å². The molecule has 2 aliphatic carbocycles. The van der Waals surface area contributed by atoms with E-state index in [1.807, 2.05) is 0 Å². The van der Waals surface area contributed by atoms with E-state index >= 15 is 0 Å². The minimum atomic E-state index is -0.135. The van der Waals surface area contributed by atoms with Crippen LogP contribution in [-0.4, -0.2) is 11.3 Å². The number of fused-ring (bicyclic) bond motifs is 9. The average Bonchev–Trinajstić information content (AvgIpc) is 0.863. The van der Waals surface area contributed by atoms with E-state index < -0.39 is 0 Å². The van der Waals surface area contributed by atoms with Crippen molar-refractivity contribution in [3.05, 3.63) is 264 Å². The third-order valence-electron chi connectivity index (χ3n) is 21.7. The number of aromatic nitrogens is 1. The Morgan fingerprint density at radius 1 is 0.304 bits per heavy atom. The van der Waals surface area contributed by atoms with Gasteiger partial charge < -0.3 is 14.4 Å². The van der Waals surface area contributed by atoms with Crippen molar-refractivity contribution in [3.63, 3.8) is 0 Å². The first-order chi connectivity index (χ1) is 43.8. The van der Waals surface area contributed by atoms with Gasteiger partial charge in [-0.15, -0.1) is 0 Å². The maximum absolute atomic E-state index is 2.60. The molecule has 0 fully saturated rings. The van der Waals surface area contributed by atoms with Crippen molar-refractivity contribution in [1.82, 2.24) is 4.57 Å². The zero-order chi connectivity index (χ0) is 63.8. The molecule has 4 aliphatic rings. The topological polar surface area (TPSA) is 11.4 Å². The number of para-hydroxylation sites is 2. The van der Waals surface area contributed by atoms with Gasteiger partial charge >= 0.3 is 0 Å². The molecule has 11 aromatic carbocycles. The second-order valence-electron chi connectivity index (χ2n) is 32.1. The zero-order valence-electron chi connectivity index (χ0n) is 56.3. The molecule has 0 atom stereocenters. The minimum absolute atomic E-state index is 0.0373. The van der Waals surface area contributed by atoms with Crippen molar-refractivity contribution in [2.24, 2.45) is 0 Å². The van der Waals surface area contributed by atoms with Crippen LogP contribution in [0.25, 0.3) is 72.0 Å². The molecule has 0 spiro atoms. The van der Waals surface area contributed by atoms with Gasteiger partial charge in [0.25, 0.3) is 6.71 Å². The van der Waals surface area contributed by atoms with E-state index in [1.165, 1.54) is 139 Å². The zero-order valence-corrected chi connectivity index (χ0v) is 56.3. The largest absolute Gasteiger partial charge is 0.311 e. The Morgan fingerprint density at radius 2 is 0.630 bits per heavy atom. The fourth-order valence-corrected chi connectivity index (χ4v) is 17.5. The number of benzene rings is 11. The Balaban J connectivity index is 0.960. The highest BCUT2D eigenvalue weighted by Crippen LogP contribution is 2.53. The van der Waals surface area contributed by atoms with E-state index in [-0.39, 0.29) is 39.2 Å². The summed E-state index contributed by atoms with van der Waals surface area (Å²) in [5, 5.41) is 2.48. The number of nitrogens with zero attached hydrogens (tertiary/aromatic N) is 3. The van der Waals surface area contributed by atoms with Gasteiger partial charge in [-0.25, -0.2) is 0 Å². The van der Waals surface area contributed by atoms with Crippen LogP contribution in [-0.2, 0) is 32.5 Å². The molecular formula is C88H84BN3. The third kappa shape index (κ3) is 9.20. The van der Waals surface area contributed by atoms with Crippen LogP contribution in [0.2, 0.25) is 0 Å². The second kappa shape index (κ2) is 20.2. The van der Waals surface area contributed by atoms with Gasteiger partial charge in [-0.3, -0.25) is 0 Å². The van der Waals surface area contributed by atoms with E-state index in [4.69, 9.17) is 0 Å². The fourth-order valence-electron chi connectivity index (χ4n) is 17.5. The Kier molecular flexibility index (Phi) is 12.7. The molecule has 12 aromatic rings. The molecule has 2 aliphatic heterocycles. The quantitative estimate of drug-likeness (QED) is 0.147. The van der Waals surface area contributed by atoms with Crippen molar-refractivity contribution in [2.45, 2.75) is 142 Å². The van der Waals surface area contributed by atoms with Gasteiger partial charge in [0.15, 0.2) is 0 Å². The summed E-state index contributed by atoms with van der Waals surface area (Å²) in [5.41, 5.74) is 33.2. The molecule has 16 rings (SSSR count). The Morgan fingerprint density at radius 3 is 1.01 bits per heavy atom. The average molecular weight is 1190 g/mol. The van der Waals surface area contributed by atoms with Crippen LogP contribution in [0, 0.1) is 0 Å². The molecule has 3 nitrogen and oxygen atoms in total. The number of anilines is 6. The van der Waals surface area contributed by atoms with Crippen molar-refractivity contribution in [3.8, 4) is 50.2 Å². The maximum Gasteiger partial charge on any atom is 0.252 e. The van der Waals surface area contributed by atoms with Crippen molar-refractivity contribution in [2.75, 3.05) is 9.80 Å². The maximum atomic E-state index is 2.60. The molecule has 0 bridgehead atoms. The Hall–Kier alpha value is -9.12. The molecule has 0 saturated heterocycles. The van der Waals surface area contributed by atoms with Crippen molar-refractivity contribution in [1.29, 1.82) is 0 Å². The molecular weight excluding hydrogens is 1110 g/mol. The van der Waals surface area contributed by atoms with Crippen LogP contribution in [0.3, 0.4) is 0 Å². The fraction of sp³-hybridized carbons (Fsp3) is 0.250. The molecule has 92 heavy (non-hydrogen) atoms. The first kappa shape index (κ1) is 58.0.